The highest BCUT2D eigenvalue weighted by atomic mass is 16.4. The molecular formula is C11H18N2O4. The molecule has 2 rings (SSSR count). The van der Waals surface area contributed by atoms with E-state index in [4.69, 9.17) is 10.2 Å². The summed E-state index contributed by atoms with van der Waals surface area (Å²) in [5.74, 6) is -0.644. The van der Waals surface area contributed by atoms with Gasteiger partial charge in [-0.25, -0.2) is 4.79 Å². The first-order valence-corrected chi connectivity index (χ1v) is 6.01. The van der Waals surface area contributed by atoms with Crippen molar-refractivity contribution in [2.45, 2.75) is 31.3 Å². The van der Waals surface area contributed by atoms with Gasteiger partial charge in [-0.05, 0) is 31.2 Å². The van der Waals surface area contributed by atoms with E-state index >= 15 is 0 Å². The Morgan fingerprint density at radius 2 is 2.18 bits per heavy atom. The number of fused-ring (bicyclic) bond motifs is 1. The van der Waals surface area contributed by atoms with E-state index in [0.717, 1.165) is 25.8 Å². The summed E-state index contributed by atoms with van der Waals surface area (Å²) in [5.41, 5.74) is 0. The second-order valence-corrected chi connectivity index (χ2v) is 4.82. The SMILES string of the molecule is O=C(N[C@@H](CO)C(=O)O)C1NCC2CCCC21. The summed E-state index contributed by atoms with van der Waals surface area (Å²) < 4.78 is 0. The maximum Gasteiger partial charge on any atom is 0.328 e. The Morgan fingerprint density at radius 3 is 2.82 bits per heavy atom. The predicted octanol–water partition coefficient (Wildman–Crippen LogP) is -1.06. The first kappa shape index (κ1) is 12.3. The van der Waals surface area contributed by atoms with Crippen LogP contribution >= 0.6 is 0 Å². The van der Waals surface area contributed by atoms with Gasteiger partial charge < -0.3 is 20.8 Å². The third-order valence-electron chi connectivity index (χ3n) is 3.83. The predicted molar refractivity (Wildman–Crippen MR) is 59.3 cm³/mol. The highest BCUT2D eigenvalue weighted by molar-refractivity contribution is 5.87. The minimum absolute atomic E-state index is 0.295. The van der Waals surface area contributed by atoms with E-state index in [9.17, 15) is 9.59 Å². The third kappa shape index (κ3) is 2.42. The van der Waals surface area contributed by atoms with Crippen LogP contribution in [-0.4, -0.2) is 47.3 Å². The molecule has 3 unspecified atom stereocenters. The number of hydrogen-bond acceptors (Lipinski definition) is 4. The van der Waals surface area contributed by atoms with E-state index < -0.39 is 18.6 Å². The zero-order valence-electron chi connectivity index (χ0n) is 9.56. The number of aliphatic hydroxyl groups excluding tert-OH is 1. The number of aliphatic hydroxyl groups is 1. The molecule has 1 aliphatic heterocycles. The third-order valence-corrected chi connectivity index (χ3v) is 3.83. The van der Waals surface area contributed by atoms with Crippen molar-refractivity contribution in [2.24, 2.45) is 11.8 Å². The van der Waals surface area contributed by atoms with Crippen LogP contribution in [0.15, 0.2) is 0 Å². The molecule has 0 aromatic heterocycles. The lowest BCUT2D eigenvalue weighted by Crippen LogP contribution is -2.51. The van der Waals surface area contributed by atoms with Gasteiger partial charge in [-0.1, -0.05) is 6.42 Å². The summed E-state index contributed by atoms with van der Waals surface area (Å²) in [4.78, 5) is 22.6. The van der Waals surface area contributed by atoms with Gasteiger partial charge in [-0.2, -0.15) is 0 Å². The number of carbonyl (C=O) groups excluding carboxylic acids is 1. The van der Waals surface area contributed by atoms with Gasteiger partial charge in [0.05, 0.1) is 12.6 Å². The van der Waals surface area contributed by atoms with Gasteiger partial charge in [0.1, 0.15) is 6.04 Å². The standard InChI is InChI=1S/C11H18N2O4/c14-5-8(11(16)17)13-10(15)9-7-3-1-2-6(7)4-12-9/h6-9,12,14H,1-5H2,(H,13,15)(H,16,17)/t6?,7?,8-,9?/m0/s1. The first-order chi connectivity index (χ1) is 8.13. The fraction of sp³-hybridized carbons (Fsp3) is 0.818. The maximum atomic E-state index is 11.9. The molecule has 0 radical (unpaired) electrons. The molecule has 6 nitrogen and oxygen atoms in total. The van der Waals surface area contributed by atoms with Crippen LogP contribution in [0.2, 0.25) is 0 Å². The Balaban J connectivity index is 1.94. The van der Waals surface area contributed by atoms with E-state index in [0.29, 0.717) is 11.8 Å². The van der Waals surface area contributed by atoms with Crippen LogP contribution in [0.4, 0.5) is 0 Å². The number of rotatable bonds is 4. The summed E-state index contributed by atoms with van der Waals surface area (Å²) in [7, 11) is 0. The minimum Gasteiger partial charge on any atom is -0.480 e. The fourth-order valence-corrected chi connectivity index (χ4v) is 2.92. The van der Waals surface area contributed by atoms with Crippen LogP contribution in [0.3, 0.4) is 0 Å². The van der Waals surface area contributed by atoms with Crippen molar-refractivity contribution < 1.29 is 19.8 Å². The molecule has 17 heavy (non-hydrogen) atoms. The first-order valence-electron chi connectivity index (χ1n) is 6.01. The van der Waals surface area contributed by atoms with E-state index in [1.54, 1.807) is 0 Å². The van der Waals surface area contributed by atoms with Crippen molar-refractivity contribution in [3.63, 3.8) is 0 Å². The molecule has 0 spiro atoms. The van der Waals surface area contributed by atoms with Crippen molar-refractivity contribution in [3.05, 3.63) is 0 Å². The van der Waals surface area contributed by atoms with E-state index in [1.165, 1.54) is 0 Å². The van der Waals surface area contributed by atoms with Crippen LogP contribution in [0.25, 0.3) is 0 Å². The van der Waals surface area contributed by atoms with Gasteiger partial charge >= 0.3 is 5.97 Å². The molecule has 2 aliphatic rings. The molecule has 6 heteroatoms. The van der Waals surface area contributed by atoms with Crippen molar-refractivity contribution in [1.29, 1.82) is 0 Å². The average molecular weight is 242 g/mol. The summed E-state index contributed by atoms with van der Waals surface area (Å²) in [5, 5.41) is 23.1. The average Bonchev–Trinajstić information content (AvgIpc) is 2.86. The molecule has 1 saturated heterocycles. The zero-order valence-corrected chi connectivity index (χ0v) is 9.56. The lowest BCUT2D eigenvalue weighted by Gasteiger charge is -2.20. The second kappa shape index (κ2) is 5.01. The molecule has 4 atom stereocenters. The Hall–Kier alpha value is -1.14. The molecule has 1 aliphatic carbocycles. The molecule has 96 valence electrons. The smallest absolute Gasteiger partial charge is 0.328 e. The maximum absolute atomic E-state index is 11.9. The lowest BCUT2D eigenvalue weighted by molar-refractivity contribution is -0.143. The minimum atomic E-state index is -1.21. The Bertz CT molecular complexity index is 321. The van der Waals surface area contributed by atoms with E-state index in [1.807, 2.05) is 0 Å². The number of carboxylic acid groups (broad SMARTS) is 1. The molecule has 0 aromatic rings. The Morgan fingerprint density at radius 1 is 1.41 bits per heavy atom. The molecular weight excluding hydrogens is 224 g/mol. The normalized spacial score (nSPS) is 33.1. The summed E-state index contributed by atoms with van der Waals surface area (Å²) in [6, 6.07) is -1.50. The quantitative estimate of drug-likeness (QED) is 0.503. The molecule has 2 fully saturated rings. The number of aliphatic carboxylic acids is 1. The molecule has 0 bridgehead atoms. The van der Waals surface area contributed by atoms with Crippen LogP contribution < -0.4 is 10.6 Å². The van der Waals surface area contributed by atoms with Crippen LogP contribution in [0, 0.1) is 11.8 Å². The van der Waals surface area contributed by atoms with Crippen molar-refractivity contribution in [1.82, 2.24) is 10.6 Å². The van der Waals surface area contributed by atoms with Crippen molar-refractivity contribution in [3.8, 4) is 0 Å². The second-order valence-electron chi connectivity index (χ2n) is 4.82. The van der Waals surface area contributed by atoms with Gasteiger partial charge in [0.25, 0.3) is 0 Å². The molecule has 4 N–H and O–H groups in total. The summed E-state index contributed by atoms with van der Waals surface area (Å²) in [6.45, 7) is 0.251. The topological polar surface area (TPSA) is 98.7 Å². The van der Waals surface area contributed by atoms with Gasteiger partial charge in [0, 0.05) is 0 Å². The highest BCUT2D eigenvalue weighted by Gasteiger charge is 2.42. The van der Waals surface area contributed by atoms with Gasteiger partial charge in [-0.3, -0.25) is 4.79 Å². The van der Waals surface area contributed by atoms with Crippen LogP contribution in [0.5, 0.6) is 0 Å². The van der Waals surface area contributed by atoms with E-state index in [-0.39, 0.29) is 11.9 Å². The summed E-state index contributed by atoms with van der Waals surface area (Å²) >= 11 is 0. The van der Waals surface area contributed by atoms with Gasteiger partial charge in [-0.15, -0.1) is 0 Å². The lowest BCUT2D eigenvalue weighted by atomic mass is 9.93. The van der Waals surface area contributed by atoms with Crippen LogP contribution in [-0.2, 0) is 9.59 Å². The fourth-order valence-electron chi connectivity index (χ4n) is 2.92. The van der Waals surface area contributed by atoms with E-state index in [2.05, 4.69) is 10.6 Å². The zero-order chi connectivity index (χ0) is 12.4. The summed E-state index contributed by atoms with van der Waals surface area (Å²) in [6.07, 6.45) is 3.31. The van der Waals surface area contributed by atoms with Crippen LogP contribution in [0.1, 0.15) is 19.3 Å². The molecule has 1 heterocycles. The largest absolute Gasteiger partial charge is 0.480 e. The Labute approximate surface area is 99.4 Å². The number of carbonyl (C=O) groups is 2. The number of amides is 1. The Kier molecular flexibility index (Phi) is 3.63. The molecule has 1 amide bonds. The van der Waals surface area contributed by atoms with Gasteiger partial charge in [0.15, 0.2) is 0 Å². The number of hydrogen-bond donors (Lipinski definition) is 4. The molecule has 1 saturated carbocycles. The molecule has 0 aromatic carbocycles. The highest BCUT2D eigenvalue weighted by Crippen LogP contribution is 2.37. The van der Waals surface area contributed by atoms with Gasteiger partial charge in [0.2, 0.25) is 5.91 Å². The van der Waals surface area contributed by atoms with Crippen molar-refractivity contribution in [2.75, 3.05) is 13.2 Å². The monoisotopic (exact) mass is 242 g/mol. The van der Waals surface area contributed by atoms with Crippen molar-refractivity contribution >= 4 is 11.9 Å². The number of nitrogens with one attached hydrogen (secondary N) is 2. The number of carboxylic acids is 1.